The van der Waals surface area contributed by atoms with Crippen LogP contribution in [0, 0.1) is 0 Å². The van der Waals surface area contributed by atoms with Gasteiger partial charge in [0.1, 0.15) is 5.75 Å². The highest BCUT2D eigenvalue weighted by Crippen LogP contribution is 2.26. The SMILES string of the molecule is COc1ccc(C(CNCc2ccc(-n3cccn3)cc2)N2CCCC2)cc1. The molecule has 28 heavy (non-hydrogen) atoms. The minimum Gasteiger partial charge on any atom is -0.497 e. The van der Waals surface area contributed by atoms with Crippen molar-refractivity contribution in [2.24, 2.45) is 0 Å². The first kappa shape index (κ1) is 18.7. The number of benzene rings is 2. The van der Waals surface area contributed by atoms with Gasteiger partial charge in [0.2, 0.25) is 0 Å². The Kier molecular flexibility index (Phi) is 6.04. The van der Waals surface area contributed by atoms with Crippen molar-refractivity contribution in [3.8, 4) is 11.4 Å². The van der Waals surface area contributed by atoms with Gasteiger partial charge in [-0.2, -0.15) is 5.10 Å². The Morgan fingerprint density at radius 3 is 2.43 bits per heavy atom. The Labute approximate surface area is 166 Å². The first-order valence-corrected chi connectivity index (χ1v) is 10.0. The van der Waals surface area contributed by atoms with Crippen molar-refractivity contribution in [2.45, 2.75) is 25.4 Å². The van der Waals surface area contributed by atoms with E-state index in [2.05, 4.69) is 63.8 Å². The Hall–Kier alpha value is -2.63. The van der Waals surface area contributed by atoms with Gasteiger partial charge in [-0.15, -0.1) is 0 Å². The number of nitrogens with zero attached hydrogens (tertiary/aromatic N) is 3. The van der Waals surface area contributed by atoms with Gasteiger partial charge in [-0.25, -0.2) is 4.68 Å². The molecule has 1 aliphatic heterocycles. The number of aromatic nitrogens is 2. The van der Waals surface area contributed by atoms with Crippen LogP contribution in [0.15, 0.2) is 67.0 Å². The molecule has 0 bridgehead atoms. The quantitative estimate of drug-likeness (QED) is 0.649. The fourth-order valence-electron chi connectivity index (χ4n) is 3.88. The van der Waals surface area contributed by atoms with Gasteiger partial charge in [-0.3, -0.25) is 4.90 Å². The predicted molar refractivity (Wildman–Crippen MR) is 112 cm³/mol. The molecule has 1 saturated heterocycles. The number of ether oxygens (including phenoxy) is 1. The van der Waals surface area contributed by atoms with Crippen molar-refractivity contribution < 1.29 is 4.74 Å². The maximum atomic E-state index is 5.31. The minimum absolute atomic E-state index is 0.400. The van der Waals surface area contributed by atoms with E-state index in [1.165, 1.54) is 37.1 Å². The summed E-state index contributed by atoms with van der Waals surface area (Å²) in [6.07, 6.45) is 6.35. The van der Waals surface area contributed by atoms with Gasteiger partial charge in [0.25, 0.3) is 0 Å². The zero-order valence-electron chi connectivity index (χ0n) is 16.4. The minimum atomic E-state index is 0.400. The van der Waals surface area contributed by atoms with Crippen molar-refractivity contribution in [3.63, 3.8) is 0 Å². The molecule has 1 atom stereocenters. The number of likely N-dealkylation sites (tertiary alicyclic amines) is 1. The molecule has 2 heterocycles. The summed E-state index contributed by atoms with van der Waals surface area (Å²) in [6.45, 7) is 4.15. The van der Waals surface area contributed by atoms with Crippen molar-refractivity contribution in [1.82, 2.24) is 20.0 Å². The van der Waals surface area contributed by atoms with Gasteiger partial charge < -0.3 is 10.1 Å². The Bertz CT molecular complexity index is 837. The number of hydrogen-bond donors (Lipinski definition) is 1. The smallest absolute Gasteiger partial charge is 0.118 e. The van der Waals surface area contributed by atoms with Crippen LogP contribution in [0.2, 0.25) is 0 Å². The van der Waals surface area contributed by atoms with E-state index in [0.717, 1.165) is 24.5 Å². The highest BCUT2D eigenvalue weighted by molar-refractivity contribution is 5.34. The molecule has 3 aromatic rings. The number of methoxy groups -OCH3 is 1. The maximum absolute atomic E-state index is 5.31. The van der Waals surface area contributed by atoms with Crippen LogP contribution >= 0.6 is 0 Å². The van der Waals surface area contributed by atoms with E-state index in [0.29, 0.717) is 6.04 Å². The lowest BCUT2D eigenvalue weighted by Gasteiger charge is -2.28. The number of rotatable bonds is 8. The molecule has 1 aromatic heterocycles. The van der Waals surface area contributed by atoms with E-state index < -0.39 is 0 Å². The predicted octanol–water partition coefficient (Wildman–Crippen LogP) is 3.81. The molecule has 1 fully saturated rings. The van der Waals surface area contributed by atoms with E-state index >= 15 is 0 Å². The molecule has 1 unspecified atom stereocenters. The summed E-state index contributed by atoms with van der Waals surface area (Å²) < 4.78 is 7.19. The third-order valence-electron chi connectivity index (χ3n) is 5.45. The number of nitrogens with one attached hydrogen (secondary N) is 1. The van der Waals surface area contributed by atoms with E-state index in [9.17, 15) is 0 Å². The fraction of sp³-hybridized carbons (Fsp3) is 0.348. The van der Waals surface area contributed by atoms with Gasteiger partial charge in [-0.05, 0) is 67.4 Å². The number of hydrogen-bond acceptors (Lipinski definition) is 4. The Morgan fingerprint density at radius 2 is 1.79 bits per heavy atom. The molecular formula is C23H28N4O. The molecule has 5 nitrogen and oxygen atoms in total. The molecule has 146 valence electrons. The van der Waals surface area contributed by atoms with Gasteiger partial charge in [-0.1, -0.05) is 24.3 Å². The van der Waals surface area contributed by atoms with Crippen LogP contribution in [0.4, 0.5) is 0 Å². The summed E-state index contributed by atoms with van der Waals surface area (Å²) in [6, 6.07) is 19.4. The third kappa shape index (κ3) is 4.43. The van der Waals surface area contributed by atoms with E-state index in [1.54, 1.807) is 13.3 Å². The topological polar surface area (TPSA) is 42.3 Å². The fourth-order valence-corrected chi connectivity index (χ4v) is 3.88. The van der Waals surface area contributed by atoms with Crippen LogP contribution in [0.5, 0.6) is 5.75 Å². The van der Waals surface area contributed by atoms with E-state index in [-0.39, 0.29) is 0 Å². The Morgan fingerprint density at radius 1 is 1.04 bits per heavy atom. The highest BCUT2D eigenvalue weighted by Gasteiger charge is 2.23. The van der Waals surface area contributed by atoms with Crippen molar-refractivity contribution in [2.75, 3.05) is 26.7 Å². The average Bonchev–Trinajstić information content (AvgIpc) is 3.46. The second kappa shape index (κ2) is 9.04. The summed E-state index contributed by atoms with van der Waals surface area (Å²) in [5.41, 5.74) is 3.72. The largest absolute Gasteiger partial charge is 0.497 e. The van der Waals surface area contributed by atoms with Crippen LogP contribution < -0.4 is 10.1 Å². The zero-order valence-corrected chi connectivity index (χ0v) is 16.4. The van der Waals surface area contributed by atoms with Gasteiger partial charge in [0.15, 0.2) is 0 Å². The summed E-state index contributed by atoms with van der Waals surface area (Å²) in [5, 5.41) is 7.94. The molecule has 0 aliphatic carbocycles. The molecular weight excluding hydrogens is 348 g/mol. The lowest BCUT2D eigenvalue weighted by atomic mass is 10.0. The van der Waals surface area contributed by atoms with Crippen LogP contribution in [0.25, 0.3) is 5.69 Å². The maximum Gasteiger partial charge on any atom is 0.118 e. The standard InChI is InChI=1S/C23H28N4O/c1-28-22-11-7-20(8-12-22)23(26-14-2-3-15-26)18-24-17-19-5-9-21(10-6-19)27-16-4-13-25-27/h4-13,16,23-24H,2-3,14-15,17-18H2,1H3. The van der Waals surface area contributed by atoms with Crippen molar-refractivity contribution in [1.29, 1.82) is 0 Å². The zero-order chi connectivity index (χ0) is 19.2. The lowest BCUT2D eigenvalue weighted by molar-refractivity contribution is 0.238. The molecule has 0 spiro atoms. The highest BCUT2D eigenvalue weighted by atomic mass is 16.5. The molecule has 4 rings (SSSR count). The summed E-state index contributed by atoms with van der Waals surface area (Å²) >= 11 is 0. The second-order valence-electron chi connectivity index (χ2n) is 7.28. The summed E-state index contributed by atoms with van der Waals surface area (Å²) in [7, 11) is 1.71. The summed E-state index contributed by atoms with van der Waals surface area (Å²) in [5.74, 6) is 0.911. The molecule has 2 aromatic carbocycles. The van der Waals surface area contributed by atoms with Crippen LogP contribution in [0.3, 0.4) is 0 Å². The monoisotopic (exact) mass is 376 g/mol. The molecule has 1 aliphatic rings. The van der Waals surface area contributed by atoms with Gasteiger partial charge in [0.05, 0.1) is 12.8 Å². The lowest BCUT2D eigenvalue weighted by Crippen LogP contribution is -2.34. The first-order valence-electron chi connectivity index (χ1n) is 10.0. The van der Waals surface area contributed by atoms with Crippen molar-refractivity contribution >= 4 is 0 Å². The molecule has 0 radical (unpaired) electrons. The van der Waals surface area contributed by atoms with Gasteiger partial charge in [0, 0.05) is 31.5 Å². The van der Waals surface area contributed by atoms with Crippen LogP contribution in [-0.2, 0) is 6.54 Å². The van der Waals surface area contributed by atoms with Gasteiger partial charge >= 0.3 is 0 Å². The second-order valence-corrected chi connectivity index (χ2v) is 7.28. The normalized spacial score (nSPS) is 15.6. The molecule has 1 N–H and O–H groups in total. The van der Waals surface area contributed by atoms with Crippen LogP contribution in [0.1, 0.15) is 30.0 Å². The molecule has 0 amide bonds. The third-order valence-corrected chi connectivity index (χ3v) is 5.45. The van der Waals surface area contributed by atoms with E-state index in [4.69, 9.17) is 4.74 Å². The molecule has 0 saturated carbocycles. The van der Waals surface area contributed by atoms with Crippen molar-refractivity contribution in [3.05, 3.63) is 78.1 Å². The average molecular weight is 377 g/mol. The van der Waals surface area contributed by atoms with Crippen LogP contribution in [-0.4, -0.2) is 41.4 Å². The first-order chi connectivity index (χ1) is 13.8. The Balaban J connectivity index is 1.38. The summed E-state index contributed by atoms with van der Waals surface area (Å²) in [4.78, 5) is 2.59. The molecule has 5 heteroatoms. The van der Waals surface area contributed by atoms with E-state index in [1.807, 2.05) is 16.9 Å².